The lowest BCUT2D eigenvalue weighted by Crippen LogP contribution is -2.20. The Kier molecular flexibility index (Phi) is 5.22. The molecule has 0 saturated heterocycles. The molecule has 1 N–H and O–H groups in total. The largest absolute Gasteiger partial charge is 0.388 e. The molecule has 3 aromatic rings. The van der Waals surface area contributed by atoms with Crippen molar-refractivity contribution in [2.45, 2.75) is 13.0 Å². The maximum absolute atomic E-state index is 12.6. The molecule has 0 aliphatic heterocycles. The lowest BCUT2D eigenvalue weighted by molar-refractivity contribution is 0.0711. The van der Waals surface area contributed by atoms with Crippen molar-refractivity contribution < 1.29 is 9.90 Å². The second-order valence-corrected chi connectivity index (χ2v) is 6.32. The number of pyridine rings is 1. The zero-order valence-electron chi connectivity index (χ0n) is 13.9. The number of hydrogen-bond acceptors (Lipinski definition) is 3. The van der Waals surface area contributed by atoms with E-state index >= 15 is 0 Å². The Morgan fingerprint density at radius 1 is 0.960 bits per heavy atom. The predicted octanol–water partition coefficient (Wildman–Crippen LogP) is 4.76. The van der Waals surface area contributed by atoms with E-state index in [9.17, 15) is 9.90 Å². The zero-order valence-corrected chi connectivity index (χ0v) is 14.7. The van der Waals surface area contributed by atoms with Crippen molar-refractivity contribution in [1.29, 1.82) is 0 Å². The van der Waals surface area contributed by atoms with Gasteiger partial charge in [0.1, 0.15) is 4.64 Å². The van der Waals surface area contributed by atoms with Crippen LogP contribution in [0.5, 0.6) is 0 Å². The number of para-hydroxylation sites is 1. The van der Waals surface area contributed by atoms with Crippen molar-refractivity contribution in [2.24, 2.45) is 5.92 Å². The minimum Gasteiger partial charge on any atom is -0.388 e. The fourth-order valence-electron chi connectivity index (χ4n) is 2.81. The molecule has 1 aromatic heterocycles. The van der Waals surface area contributed by atoms with Gasteiger partial charge < -0.3 is 9.67 Å². The summed E-state index contributed by atoms with van der Waals surface area (Å²) < 4.78 is 2.35. The second-order valence-electron chi connectivity index (χ2n) is 5.94. The van der Waals surface area contributed by atoms with Gasteiger partial charge in [-0.2, -0.15) is 0 Å². The number of nitrogens with zero attached hydrogens (tertiary/aromatic N) is 1. The highest BCUT2D eigenvalue weighted by molar-refractivity contribution is 7.71. The third-order valence-corrected chi connectivity index (χ3v) is 4.71. The lowest BCUT2D eigenvalue weighted by atomic mass is 9.91. The Bertz CT molecular complexity index is 919. The normalized spacial score (nSPS) is 13.2. The Morgan fingerprint density at radius 2 is 1.56 bits per heavy atom. The summed E-state index contributed by atoms with van der Waals surface area (Å²) in [5.74, 6) is -0.687. The first-order chi connectivity index (χ1) is 12.1. The molecule has 2 unspecified atom stereocenters. The van der Waals surface area contributed by atoms with E-state index in [1.807, 2.05) is 65.4 Å². The molecular formula is C21H19NO2S. The van der Waals surface area contributed by atoms with Crippen LogP contribution in [0.15, 0.2) is 79.0 Å². The molecule has 0 saturated carbocycles. The lowest BCUT2D eigenvalue weighted by Gasteiger charge is -2.20. The van der Waals surface area contributed by atoms with Crippen LogP contribution in [0.2, 0.25) is 0 Å². The van der Waals surface area contributed by atoms with Gasteiger partial charge >= 0.3 is 0 Å². The smallest absolute Gasteiger partial charge is 0.168 e. The number of aromatic nitrogens is 1. The molecule has 0 aliphatic carbocycles. The van der Waals surface area contributed by atoms with Gasteiger partial charge in [-0.25, -0.2) is 0 Å². The van der Waals surface area contributed by atoms with Crippen molar-refractivity contribution in [3.63, 3.8) is 0 Å². The molecule has 4 heteroatoms. The first-order valence-corrected chi connectivity index (χ1v) is 8.54. The van der Waals surface area contributed by atoms with Gasteiger partial charge in [0.25, 0.3) is 0 Å². The van der Waals surface area contributed by atoms with E-state index in [1.165, 1.54) is 0 Å². The SMILES string of the molecule is CC(C(=O)c1ccccc1)C(O)c1cccn(-c2ccccc2)c1=S. The summed E-state index contributed by atoms with van der Waals surface area (Å²) in [5, 5.41) is 10.8. The first kappa shape index (κ1) is 17.3. The van der Waals surface area contributed by atoms with E-state index in [0.29, 0.717) is 15.8 Å². The van der Waals surface area contributed by atoms with Crippen LogP contribution in [-0.2, 0) is 0 Å². The number of rotatable bonds is 5. The third-order valence-electron chi connectivity index (χ3n) is 4.28. The van der Waals surface area contributed by atoms with Crippen LogP contribution in [0.1, 0.15) is 28.9 Å². The van der Waals surface area contributed by atoms with Crippen molar-refractivity contribution >= 4 is 18.0 Å². The molecule has 0 radical (unpaired) electrons. The van der Waals surface area contributed by atoms with E-state index in [4.69, 9.17) is 12.2 Å². The molecule has 3 nitrogen and oxygen atoms in total. The summed E-state index contributed by atoms with van der Waals surface area (Å²) in [7, 11) is 0. The predicted molar refractivity (Wildman–Crippen MR) is 101 cm³/mol. The van der Waals surface area contributed by atoms with Crippen LogP contribution in [-0.4, -0.2) is 15.5 Å². The molecule has 126 valence electrons. The number of ketones is 1. The third kappa shape index (κ3) is 3.60. The molecular weight excluding hydrogens is 330 g/mol. The molecule has 2 atom stereocenters. The van der Waals surface area contributed by atoms with Gasteiger partial charge in [-0.05, 0) is 18.2 Å². The maximum atomic E-state index is 12.6. The zero-order chi connectivity index (χ0) is 17.8. The van der Waals surface area contributed by atoms with Crippen LogP contribution in [0, 0.1) is 10.6 Å². The first-order valence-electron chi connectivity index (χ1n) is 8.14. The van der Waals surface area contributed by atoms with Crippen LogP contribution in [0.4, 0.5) is 0 Å². The van der Waals surface area contributed by atoms with Crippen LogP contribution in [0.25, 0.3) is 5.69 Å². The minimum absolute atomic E-state index is 0.0994. The van der Waals surface area contributed by atoms with E-state index in [0.717, 1.165) is 5.69 Å². The van der Waals surface area contributed by atoms with E-state index < -0.39 is 12.0 Å². The monoisotopic (exact) mass is 349 g/mol. The number of carbonyl (C=O) groups excluding carboxylic acids is 1. The van der Waals surface area contributed by atoms with E-state index in [-0.39, 0.29) is 5.78 Å². The number of aliphatic hydroxyl groups excluding tert-OH is 1. The summed E-state index contributed by atoms with van der Waals surface area (Å²) in [6, 6.07) is 22.3. The van der Waals surface area contributed by atoms with Gasteiger partial charge in [-0.1, -0.05) is 73.7 Å². The summed E-state index contributed by atoms with van der Waals surface area (Å²) in [4.78, 5) is 12.6. The highest BCUT2D eigenvalue weighted by atomic mass is 32.1. The van der Waals surface area contributed by atoms with Crippen LogP contribution >= 0.6 is 12.2 Å². The van der Waals surface area contributed by atoms with Gasteiger partial charge in [0.2, 0.25) is 0 Å². The number of hydrogen-bond donors (Lipinski definition) is 1. The molecule has 25 heavy (non-hydrogen) atoms. The average Bonchev–Trinajstić information content (AvgIpc) is 2.68. The number of benzene rings is 2. The van der Waals surface area contributed by atoms with Crippen molar-refractivity contribution in [2.75, 3.05) is 0 Å². The van der Waals surface area contributed by atoms with Crippen molar-refractivity contribution in [3.8, 4) is 5.69 Å². The molecule has 0 bridgehead atoms. The molecule has 0 aliphatic rings. The number of carbonyl (C=O) groups is 1. The van der Waals surface area contributed by atoms with Gasteiger partial charge in [0, 0.05) is 28.9 Å². The van der Waals surface area contributed by atoms with E-state index in [2.05, 4.69) is 0 Å². The minimum atomic E-state index is -0.962. The Labute approximate surface area is 152 Å². The Morgan fingerprint density at radius 3 is 2.20 bits per heavy atom. The molecule has 3 rings (SSSR count). The highest BCUT2D eigenvalue weighted by Crippen LogP contribution is 2.26. The summed E-state index contributed by atoms with van der Waals surface area (Å²) in [5.41, 5.74) is 2.09. The molecule has 1 heterocycles. The average molecular weight is 349 g/mol. The van der Waals surface area contributed by atoms with Gasteiger partial charge in [0.15, 0.2) is 5.78 Å². The summed E-state index contributed by atoms with van der Waals surface area (Å²) >= 11 is 5.56. The van der Waals surface area contributed by atoms with Crippen LogP contribution < -0.4 is 0 Å². The van der Waals surface area contributed by atoms with Crippen molar-refractivity contribution in [1.82, 2.24) is 4.57 Å². The Balaban J connectivity index is 1.94. The van der Waals surface area contributed by atoms with Crippen LogP contribution in [0.3, 0.4) is 0 Å². The summed E-state index contributed by atoms with van der Waals surface area (Å²) in [6.07, 6.45) is 0.897. The van der Waals surface area contributed by atoms with Gasteiger partial charge in [-0.3, -0.25) is 4.79 Å². The molecule has 2 aromatic carbocycles. The molecule has 0 fully saturated rings. The standard InChI is InChI=1S/C21H19NO2S/c1-15(19(23)16-9-4-2-5-10-16)20(24)18-13-8-14-22(21(18)25)17-11-6-3-7-12-17/h2-15,20,24H,1H3. The quantitative estimate of drug-likeness (QED) is 0.533. The second kappa shape index (κ2) is 7.55. The van der Waals surface area contributed by atoms with Gasteiger partial charge in [0.05, 0.1) is 6.10 Å². The maximum Gasteiger partial charge on any atom is 0.168 e. The number of Topliss-reactive ketones (excluding diaryl/α,β-unsaturated/α-hetero) is 1. The van der Waals surface area contributed by atoms with E-state index in [1.54, 1.807) is 25.1 Å². The molecule has 0 spiro atoms. The Hall–Kier alpha value is -2.56. The fourth-order valence-corrected chi connectivity index (χ4v) is 3.16. The molecule has 0 amide bonds. The fraction of sp³-hybridized carbons (Fsp3) is 0.143. The number of aliphatic hydroxyl groups is 1. The highest BCUT2D eigenvalue weighted by Gasteiger charge is 2.25. The van der Waals surface area contributed by atoms with Crippen molar-refractivity contribution in [3.05, 3.63) is 94.8 Å². The van der Waals surface area contributed by atoms with Gasteiger partial charge in [-0.15, -0.1) is 0 Å². The topological polar surface area (TPSA) is 42.2 Å². The summed E-state index contributed by atoms with van der Waals surface area (Å²) in [6.45, 7) is 1.73.